The van der Waals surface area contributed by atoms with E-state index in [1.54, 1.807) is 0 Å². The van der Waals surface area contributed by atoms with E-state index in [2.05, 4.69) is 22.4 Å². The number of anilines is 3. The van der Waals surface area contributed by atoms with Crippen molar-refractivity contribution in [3.8, 4) is 0 Å². The van der Waals surface area contributed by atoms with E-state index >= 15 is 0 Å². The van der Waals surface area contributed by atoms with Crippen LogP contribution in [0.25, 0.3) is 10.9 Å². The summed E-state index contributed by atoms with van der Waals surface area (Å²) in [6.45, 7) is 3.99. The van der Waals surface area contributed by atoms with Gasteiger partial charge in [0.25, 0.3) is 0 Å². The van der Waals surface area contributed by atoms with Crippen LogP contribution < -0.4 is 11.1 Å². The first-order chi connectivity index (χ1) is 10.0. The van der Waals surface area contributed by atoms with Gasteiger partial charge in [0.05, 0.1) is 21.9 Å². The Labute approximate surface area is 128 Å². The Kier molecular flexibility index (Phi) is 3.43. The van der Waals surface area contributed by atoms with Crippen LogP contribution in [-0.4, -0.2) is 4.98 Å². The third-order valence-corrected chi connectivity index (χ3v) is 3.80. The van der Waals surface area contributed by atoms with E-state index in [0.29, 0.717) is 10.7 Å². The van der Waals surface area contributed by atoms with Crippen molar-refractivity contribution in [2.45, 2.75) is 13.8 Å². The molecule has 0 spiro atoms. The van der Waals surface area contributed by atoms with Crippen molar-refractivity contribution < 1.29 is 0 Å². The van der Waals surface area contributed by atoms with Crippen molar-refractivity contribution in [1.82, 2.24) is 4.98 Å². The second-order valence-electron chi connectivity index (χ2n) is 5.14. The monoisotopic (exact) mass is 297 g/mol. The molecule has 3 N–H and O–H groups in total. The molecule has 2 aromatic carbocycles. The number of halogens is 1. The molecule has 3 nitrogen and oxygen atoms in total. The van der Waals surface area contributed by atoms with Crippen LogP contribution in [0.3, 0.4) is 0 Å². The zero-order chi connectivity index (χ0) is 15.0. The van der Waals surface area contributed by atoms with Crippen LogP contribution in [0.4, 0.5) is 17.1 Å². The summed E-state index contributed by atoms with van der Waals surface area (Å²) in [5.41, 5.74) is 11.3. The van der Waals surface area contributed by atoms with Crippen LogP contribution in [0.15, 0.2) is 42.5 Å². The Morgan fingerprint density at radius 3 is 2.67 bits per heavy atom. The number of hydrogen-bond donors (Lipinski definition) is 2. The van der Waals surface area contributed by atoms with E-state index in [9.17, 15) is 0 Å². The number of pyridine rings is 1. The average Bonchev–Trinajstić information content (AvgIpc) is 2.45. The zero-order valence-corrected chi connectivity index (χ0v) is 12.7. The maximum atomic E-state index is 6.11. The molecule has 0 aliphatic heterocycles. The predicted molar refractivity (Wildman–Crippen MR) is 90.4 cm³/mol. The molecular weight excluding hydrogens is 282 g/mol. The molecule has 0 unspecified atom stereocenters. The maximum absolute atomic E-state index is 6.11. The smallest absolute Gasteiger partial charge is 0.0939 e. The minimum Gasteiger partial charge on any atom is -0.398 e. The molecule has 3 rings (SSSR count). The Balaban J connectivity index is 2.10. The fourth-order valence-electron chi connectivity index (χ4n) is 2.33. The van der Waals surface area contributed by atoms with E-state index in [4.69, 9.17) is 17.3 Å². The topological polar surface area (TPSA) is 50.9 Å². The number of nitrogens with zero attached hydrogens (tertiary/aromatic N) is 1. The number of aryl methyl sites for hydroxylation is 2. The molecule has 0 amide bonds. The summed E-state index contributed by atoms with van der Waals surface area (Å²) in [5.74, 6) is 0. The third-order valence-electron chi connectivity index (χ3n) is 3.47. The van der Waals surface area contributed by atoms with E-state index in [1.165, 1.54) is 0 Å². The van der Waals surface area contributed by atoms with Gasteiger partial charge in [-0.25, -0.2) is 0 Å². The van der Waals surface area contributed by atoms with Crippen LogP contribution in [0, 0.1) is 13.8 Å². The maximum Gasteiger partial charge on any atom is 0.0939 e. The first-order valence-corrected chi connectivity index (χ1v) is 7.11. The molecule has 0 aliphatic carbocycles. The van der Waals surface area contributed by atoms with Crippen molar-refractivity contribution in [2.24, 2.45) is 0 Å². The Morgan fingerprint density at radius 2 is 1.86 bits per heavy atom. The molecule has 3 aromatic rings. The lowest BCUT2D eigenvalue weighted by atomic mass is 10.1. The van der Waals surface area contributed by atoms with Gasteiger partial charge in [0.15, 0.2) is 0 Å². The summed E-state index contributed by atoms with van der Waals surface area (Å²) in [7, 11) is 0. The van der Waals surface area contributed by atoms with Gasteiger partial charge in [0, 0.05) is 16.8 Å². The average molecular weight is 298 g/mol. The molecule has 21 heavy (non-hydrogen) atoms. The van der Waals surface area contributed by atoms with Gasteiger partial charge in [0.1, 0.15) is 0 Å². The Morgan fingerprint density at radius 1 is 1.05 bits per heavy atom. The van der Waals surface area contributed by atoms with E-state index in [1.807, 2.05) is 44.2 Å². The lowest BCUT2D eigenvalue weighted by Gasteiger charge is -2.13. The number of aromatic nitrogens is 1. The Hall–Kier alpha value is -2.26. The fourth-order valence-corrected chi connectivity index (χ4v) is 2.49. The largest absolute Gasteiger partial charge is 0.398 e. The zero-order valence-electron chi connectivity index (χ0n) is 11.9. The van der Waals surface area contributed by atoms with E-state index in [0.717, 1.165) is 33.5 Å². The van der Waals surface area contributed by atoms with Gasteiger partial charge in [-0.2, -0.15) is 0 Å². The summed E-state index contributed by atoms with van der Waals surface area (Å²) >= 11 is 6.11. The molecule has 1 heterocycles. The fraction of sp³-hybridized carbons (Fsp3) is 0.118. The lowest BCUT2D eigenvalue weighted by Crippen LogP contribution is -1.97. The van der Waals surface area contributed by atoms with Gasteiger partial charge < -0.3 is 11.1 Å². The number of nitrogen functional groups attached to an aromatic ring is 1. The summed E-state index contributed by atoms with van der Waals surface area (Å²) in [4.78, 5) is 4.62. The van der Waals surface area contributed by atoms with Crippen LogP contribution in [0.1, 0.15) is 11.3 Å². The Bertz CT molecular complexity index is 828. The van der Waals surface area contributed by atoms with Crippen molar-refractivity contribution in [3.63, 3.8) is 0 Å². The number of nitrogens with two attached hydrogens (primary N) is 1. The molecule has 1 aromatic heterocycles. The molecule has 0 saturated carbocycles. The van der Waals surface area contributed by atoms with Crippen LogP contribution >= 0.6 is 11.6 Å². The standard InChI is InChI=1S/C17H16ClN3/c1-10-8-14(19)13(18)9-16(10)21-15-5-3-4-12-7-6-11(2)20-17(12)15/h3-9,21H,19H2,1-2H3. The van der Waals surface area contributed by atoms with Crippen molar-refractivity contribution in [1.29, 1.82) is 0 Å². The number of hydrogen-bond acceptors (Lipinski definition) is 3. The molecule has 4 heteroatoms. The van der Waals surface area contributed by atoms with Gasteiger partial charge in [-0.05, 0) is 43.7 Å². The predicted octanol–water partition coefficient (Wildman–Crippen LogP) is 4.83. The SMILES string of the molecule is Cc1ccc2cccc(Nc3cc(Cl)c(N)cc3C)c2n1. The van der Waals surface area contributed by atoms with Gasteiger partial charge >= 0.3 is 0 Å². The molecule has 0 radical (unpaired) electrons. The molecule has 0 saturated heterocycles. The van der Waals surface area contributed by atoms with Crippen LogP contribution in [0.5, 0.6) is 0 Å². The van der Waals surface area contributed by atoms with Crippen LogP contribution in [0.2, 0.25) is 5.02 Å². The number of fused-ring (bicyclic) bond motifs is 1. The van der Waals surface area contributed by atoms with Crippen LogP contribution in [-0.2, 0) is 0 Å². The van der Waals surface area contributed by atoms with Gasteiger partial charge in [-0.15, -0.1) is 0 Å². The number of para-hydroxylation sites is 1. The van der Waals surface area contributed by atoms with Gasteiger partial charge in [-0.1, -0.05) is 29.8 Å². The highest BCUT2D eigenvalue weighted by molar-refractivity contribution is 6.33. The van der Waals surface area contributed by atoms with Crippen molar-refractivity contribution in [2.75, 3.05) is 11.1 Å². The first-order valence-electron chi connectivity index (χ1n) is 6.73. The molecule has 0 atom stereocenters. The third kappa shape index (κ3) is 2.65. The number of nitrogens with one attached hydrogen (secondary N) is 1. The molecule has 0 bridgehead atoms. The number of rotatable bonds is 2. The first kappa shape index (κ1) is 13.7. The number of benzene rings is 2. The minimum atomic E-state index is 0.549. The second-order valence-corrected chi connectivity index (χ2v) is 5.55. The summed E-state index contributed by atoms with van der Waals surface area (Å²) in [6.07, 6.45) is 0. The van der Waals surface area contributed by atoms with E-state index < -0.39 is 0 Å². The van der Waals surface area contributed by atoms with Crippen molar-refractivity contribution >= 4 is 39.6 Å². The highest BCUT2D eigenvalue weighted by Crippen LogP contribution is 2.31. The van der Waals surface area contributed by atoms with Gasteiger partial charge in [0.2, 0.25) is 0 Å². The molecule has 106 valence electrons. The highest BCUT2D eigenvalue weighted by atomic mass is 35.5. The normalized spacial score (nSPS) is 10.8. The highest BCUT2D eigenvalue weighted by Gasteiger charge is 2.07. The van der Waals surface area contributed by atoms with E-state index in [-0.39, 0.29) is 0 Å². The molecular formula is C17H16ClN3. The summed E-state index contributed by atoms with van der Waals surface area (Å²) in [6, 6.07) is 13.9. The second kappa shape index (κ2) is 5.26. The molecule has 0 fully saturated rings. The summed E-state index contributed by atoms with van der Waals surface area (Å²) in [5, 5.41) is 5.06. The molecule has 0 aliphatic rings. The van der Waals surface area contributed by atoms with Crippen molar-refractivity contribution in [3.05, 3.63) is 58.7 Å². The minimum absolute atomic E-state index is 0.549. The summed E-state index contributed by atoms with van der Waals surface area (Å²) < 4.78 is 0. The lowest BCUT2D eigenvalue weighted by molar-refractivity contribution is 1.25. The van der Waals surface area contributed by atoms with Gasteiger partial charge in [-0.3, -0.25) is 4.98 Å². The quantitative estimate of drug-likeness (QED) is 0.666.